The molecule has 0 aliphatic rings. The van der Waals surface area contributed by atoms with Gasteiger partial charge in [-0.2, -0.15) is 0 Å². The molecule has 1 amide bonds. The lowest BCUT2D eigenvalue weighted by atomic mass is 10.3. The zero-order valence-electron chi connectivity index (χ0n) is 8.65. The first-order valence-electron chi connectivity index (χ1n) is 4.43. The lowest BCUT2D eigenvalue weighted by Crippen LogP contribution is -2.40. The number of aliphatic hydroxyl groups excluding tert-OH is 1. The van der Waals surface area contributed by atoms with Crippen molar-refractivity contribution in [3.63, 3.8) is 0 Å². The summed E-state index contributed by atoms with van der Waals surface area (Å²) in [7, 11) is -3.35. The third-order valence-electron chi connectivity index (χ3n) is 1.99. The van der Waals surface area contributed by atoms with Crippen LogP contribution in [0.2, 0.25) is 0 Å². The van der Waals surface area contributed by atoms with Gasteiger partial charge in [0.2, 0.25) is 5.91 Å². The van der Waals surface area contributed by atoms with E-state index in [0.29, 0.717) is 6.42 Å². The molecule has 2 N–H and O–H groups in total. The van der Waals surface area contributed by atoms with Crippen molar-refractivity contribution in [3.8, 4) is 0 Å². The van der Waals surface area contributed by atoms with Crippen LogP contribution in [-0.4, -0.2) is 43.6 Å². The predicted molar refractivity (Wildman–Crippen MR) is 53.6 cm³/mol. The van der Waals surface area contributed by atoms with Gasteiger partial charge in [-0.15, -0.1) is 0 Å². The van der Waals surface area contributed by atoms with Crippen molar-refractivity contribution in [2.75, 3.05) is 12.8 Å². The lowest BCUT2D eigenvalue weighted by Gasteiger charge is -2.12. The molecular formula is C8H17NO4S. The van der Waals surface area contributed by atoms with E-state index in [1.165, 1.54) is 6.92 Å². The molecule has 6 heteroatoms. The molecule has 2 atom stereocenters. The van der Waals surface area contributed by atoms with Crippen LogP contribution in [0.4, 0.5) is 0 Å². The average molecular weight is 223 g/mol. The summed E-state index contributed by atoms with van der Waals surface area (Å²) in [6.07, 6.45) is 0.909. The van der Waals surface area contributed by atoms with E-state index < -0.39 is 27.1 Å². The Hall–Kier alpha value is -0.620. The summed E-state index contributed by atoms with van der Waals surface area (Å²) in [5.74, 6) is -0.569. The second kappa shape index (κ2) is 5.31. The standard InChI is InChI=1S/C8H17NO4S/c1-4-7(10)5-9-8(11)6(2)14(3,12)13/h6-7,10H,4-5H2,1-3H3,(H,9,11). The molecule has 0 aromatic rings. The second-order valence-corrected chi connectivity index (χ2v) is 5.65. The van der Waals surface area contributed by atoms with E-state index in [1.807, 2.05) is 0 Å². The van der Waals surface area contributed by atoms with Gasteiger partial charge in [-0.1, -0.05) is 6.92 Å². The minimum Gasteiger partial charge on any atom is -0.391 e. The summed E-state index contributed by atoms with van der Waals surface area (Å²) in [5.41, 5.74) is 0. The number of carbonyl (C=O) groups excluding carboxylic acids is 1. The van der Waals surface area contributed by atoms with Gasteiger partial charge in [0.1, 0.15) is 5.25 Å². The third kappa shape index (κ3) is 4.57. The van der Waals surface area contributed by atoms with Crippen molar-refractivity contribution in [1.29, 1.82) is 0 Å². The van der Waals surface area contributed by atoms with Gasteiger partial charge in [0.25, 0.3) is 0 Å². The van der Waals surface area contributed by atoms with Crippen LogP contribution in [0.15, 0.2) is 0 Å². The van der Waals surface area contributed by atoms with Crippen molar-refractivity contribution in [2.24, 2.45) is 0 Å². The lowest BCUT2D eigenvalue weighted by molar-refractivity contribution is -0.120. The second-order valence-electron chi connectivity index (χ2n) is 3.28. The molecular weight excluding hydrogens is 206 g/mol. The third-order valence-corrected chi connectivity index (χ3v) is 3.49. The highest BCUT2D eigenvalue weighted by Crippen LogP contribution is 1.97. The van der Waals surface area contributed by atoms with Crippen LogP contribution >= 0.6 is 0 Å². The van der Waals surface area contributed by atoms with Crippen LogP contribution < -0.4 is 5.32 Å². The van der Waals surface area contributed by atoms with Crippen LogP contribution in [-0.2, 0) is 14.6 Å². The summed E-state index contributed by atoms with van der Waals surface area (Å²) >= 11 is 0. The van der Waals surface area contributed by atoms with Crippen LogP contribution in [0.1, 0.15) is 20.3 Å². The van der Waals surface area contributed by atoms with Crippen LogP contribution in [0, 0.1) is 0 Å². The van der Waals surface area contributed by atoms with Crippen molar-refractivity contribution in [2.45, 2.75) is 31.6 Å². The fourth-order valence-electron chi connectivity index (χ4n) is 0.701. The highest BCUT2D eigenvalue weighted by molar-refractivity contribution is 7.92. The largest absolute Gasteiger partial charge is 0.391 e. The maximum absolute atomic E-state index is 11.2. The molecule has 0 aliphatic heterocycles. The van der Waals surface area contributed by atoms with E-state index in [1.54, 1.807) is 6.92 Å². The summed E-state index contributed by atoms with van der Waals surface area (Å²) in [6, 6.07) is 0. The van der Waals surface area contributed by atoms with Gasteiger partial charge in [0.05, 0.1) is 6.10 Å². The molecule has 0 heterocycles. The van der Waals surface area contributed by atoms with Gasteiger partial charge in [-0.05, 0) is 13.3 Å². The summed E-state index contributed by atoms with van der Waals surface area (Å²) in [5, 5.41) is 10.4. The molecule has 2 unspecified atom stereocenters. The first kappa shape index (κ1) is 13.4. The number of hydrogen-bond acceptors (Lipinski definition) is 4. The molecule has 0 fully saturated rings. The van der Waals surface area contributed by atoms with Crippen LogP contribution in [0.25, 0.3) is 0 Å². The Morgan fingerprint density at radius 1 is 1.50 bits per heavy atom. The van der Waals surface area contributed by atoms with Crippen molar-refractivity contribution >= 4 is 15.7 Å². The normalized spacial score (nSPS) is 16.0. The first-order valence-corrected chi connectivity index (χ1v) is 6.39. The Bertz CT molecular complexity index is 286. The van der Waals surface area contributed by atoms with E-state index in [2.05, 4.69) is 5.32 Å². The van der Waals surface area contributed by atoms with Gasteiger partial charge >= 0.3 is 0 Å². The van der Waals surface area contributed by atoms with Crippen molar-refractivity contribution < 1.29 is 18.3 Å². The van der Waals surface area contributed by atoms with Gasteiger partial charge < -0.3 is 10.4 Å². The molecule has 0 saturated carbocycles. The van der Waals surface area contributed by atoms with Crippen LogP contribution in [0.5, 0.6) is 0 Å². The number of carbonyl (C=O) groups is 1. The molecule has 0 spiro atoms. The maximum atomic E-state index is 11.2. The zero-order chi connectivity index (χ0) is 11.4. The Morgan fingerprint density at radius 3 is 2.36 bits per heavy atom. The van der Waals surface area contributed by atoms with Crippen molar-refractivity contribution in [3.05, 3.63) is 0 Å². The smallest absolute Gasteiger partial charge is 0.238 e. The molecule has 0 aromatic heterocycles. The maximum Gasteiger partial charge on any atom is 0.238 e. The topological polar surface area (TPSA) is 83.5 Å². The van der Waals surface area contributed by atoms with E-state index >= 15 is 0 Å². The van der Waals surface area contributed by atoms with E-state index in [9.17, 15) is 13.2 Å². The van der Waals surface area contributed by atoms with Gasteiger partial charge in [-0.3, -0.25) is 4.79 Å². The van der Waals surface area contributed by atoms with E-state index in [-0.39, 0.29) is 6.54 Å². The number of rotatable bonds is 5. The number of amides is 1. The summed E-state index contributed by atoms with van der Waals surface area (Å²) in [4.78, 5) is 11.2. The van der Waals surface area contributed by atoms with Crippen molar-refractivity contribution in [1.82, 2.24) is 5.32 Å². The molecule has 0 saturated heterocycles. The zero-order valence-corrected chi connectivity index (χ0v) is 9.47. The summed E-state index contributed by atoms with van der Waals surface area (Å²) < 4.78 is 21.9. The van der Waals surface area contributed by atoms with Gasteiger partial charge in [0, 0.05) is 12.8 Å². The molecule has 0 aromatic carbocycles. The van der Waals surface area contributed by atoms with Gasteiger partial charge in [0.15, 0.2) is 9.84 Å². The molecule has 0 aliphatic carbocycles. The predicted octanol–water partition coefficient (Wildman–Crippen LogP) is -0.693. The Kier molecular flexibility index (Phi) is 5.07. The molecule has 5 nitrogen and oxygen atoms in total. The number of hydrogen-bond donors (Lipinski definition) is 2. The Labute approximate surface area is 84.4 Å². The highest BCUT2D eigenvalue weighted by atomic mass is 32.2. The minimum atomic E-state index is -3.35. The Morgan fingerprint density at radius 2 is 2.00 bits per heavy atom. The van der Waals surface area contributed by atoms with Gasteiger partial charge in [-0.25, -0.2) is 8.42 Å². The van der Waals surface area contributed by atoms with E-state index in [4.69, 9.17) is 5.11 Å². The monoisotopic (exact) mass is 223 g/mol. The minimum absolute atomic E-state index is 0.0925. The first-order chi connectivity index (χ1) is 6.29. The highest BCUT2D eigenvalue weighted by Gasteiger charge is 2.23. The molecule has 14 heavy (non-hydrogen) atoms. The average Bonchev–Trinajstić information content (AvgIpc) is 2.10. The quantitative estimate of drug-likeness (QED) is 0.646. The number of nitrogens with one attached hydrogen (secondary N) is 1. The molecule has 0 bridgehead atoms. The fourth-order valence-corrected chi connectivity index (χ4v) is 1.17. The SMILES string of the molecule is CCC(O)CNC(=O)C(C)S(C)(=O)=O. The fraction of sp³-hybridized carbons (Fsp3) is 0.875. The summed E-state index contributed by atoms with van der Waals surface area (Å²) in [6.45, 7) is 3.19. The molecule has 0 rings (SSSR count). The van der Waals surface area contributed by atoms with Crippen LogP contribution in [0.3, 0.4) is 0 Å². The molecule has 0 radical (unpaired) electrons. The van der Waals surface area contributed by atoms with E-state index in [0.717, 1.165) is 6.26 Å². The molecule has 84 valence electrons. The Balaban J connectivity index is 4.11. The number of sulfone groups is 1. The number of aliphatic hydroxyl groups is 1.